The summed E-state index contributed by atoms with van der Waals surface area (Å²) < 4.78 is 0. The summed E-state index contributed by atoms with van der Waals surface area (Å²) in [4.78, 5) is 16.4. The van der Waals surface area contributed by atoms with Crippen LogP contribution in [0.4, 0.5) is 0 Å². The molecule has 220 valence electrons. The van der Waals surface area contributed by atoms with Crippen molar-refractivity contribution in [3.05, 3.63) is 146 Å². The van der Waals surface area contributed by atoms with Gasteiger partial charge >= 0.3 is 0 Å². The van der Waals surface area contributed by atoms with Gasteiger partial charge in [0, 0.05) is 92.3 Å². The Kier molecular flexibility index (Phi) is 11.3. The molecule has 0 aliphatic carbocycles. The van der Waals surface area contributed by atoms with Gasteiger partial charge in [0.25, 0.3) is 23.0 Å². The van der Waals surface area contributed by atoms with E-state index in [-0.39, 0.29) is 21.7 Å². The molecule has 0 amide bonds. The normalized spacial score (nSPS) is 9.96. The Morgan fingerprint density at radius 3 is 0.689 bits per heavy atom. The van der Waals surface area contributed by atoms with E-state index >= 15 is 0 Å². The molecule has 0 unspecified atom stereocenters. The van der Waals surface area contributed by atoms with Crippen LogP contribution in [-0.2, 0) is 21.7 Å². The number of para-hydroxylation sites is 4. The van der Waals surface area contributed by atoms with E-state index in [1.807, 2.05) is 97.1 Å². The molecule has 0 saturated heterocycles. The molecular formula is C36H32N4O4Ti+4. The molecule has 0 aliphatic rings. The number of pyridine rings is 4. The minimum Gasteiger partial charge on any atom is -0.592 e. The van der Waals surface area contributed by atoms with E-state index in [1.165, 1.54) is 0 Å². The van der Waals surface area contributed by atoms with Gasteiger partial charge in [0.15, 0.2) is 22.1 Å². The second-order valence-corrected chi connectivity index (χ2v) is 9.52. The van der Waals surface area contributed by atoms with Crippen LogP contribution in [0.25, 0.3) is 43.6 Å². The molecule has 0 fully saturated rings. The number of rotatable bonds is 0. The third-order valence-corrected chi connectivity index (χ3v) is 6.53. The van der Waals surface area contributed by atoms with Crippen LogP contribution in [-0.4, -0.2) is 40.4 Å². The minimum absolute atomic E-state index is 0. The predicted molar refractivity (Wildman–Crippen MR) is 179 cm³/mol. The summed E-state index contributed by atoms with van der Waals surface area (Å²) in [7, 11) is 0. The van der Waals surface area contributed by atoms with Gasteiger partial charge < -0.3 is 20.4 Å². The molecule has 0 bridgehead atoms. The SMILES string of the molecule is [OH2+]c1cccc2cccnc12.[OH2+]c1cccc2cccnc12.[OH2+]c1cccc2cccnc12.[OH2+]c1cccc2cccnc12.[Ti]. The fraction of sp³-hybridized carbons (Fsp3) is 0. The number of hydrogen-bond acceptors (Lipinski definition) is 4. The van der Waals surface area contributed by atoms with Crippen molar-refractivity contribution in [2.75, 3.05) is 0 Å². The molecule has 0 aliphatic heterocycles. The Hall–Kier alpha value is -5.57. The fourth-order valence-corrected chi connectivity index (χ4v) is 4.42. The molecule has 0 radical (unpaired) electrons. The van der Waals surface area contributed by atoms with Crippen molar-refractivity contribution in [2.24, 2.45) is 0 Å². The summed E-state index contributed by atoms with van der Waals surface area (Å²) in [5.74, 6) is 1.96. The van der Waals surface area contributed by atoms with Gasteiger partial charge in [-0.2, -0.15) is 0 Å². The van der Waals surface area contributed by atoms with Gasteiger partial charge in [-0.05, 0) is 24.3 Å². The number of nitrogens with zero attached hydrogens (tertiary/aromatic N) is 4. The summed E-state index contributed by atoms with van der Waals surface area (Å²) in [5.41, 5.74) is 3.09. The number of hydrogen-bond donors (Lipinski definition) is 0. The zero-order valence-corrected chi connectivity index (χ0v) is 25.7. The van der Waals surface area contributed by atoms with E-state index in [2.05, 4.69) is 19.9 Å². The molecule has 8 aromatic rings. The largest absolute Gasteiger partial charge is 0.592 e. The first-order valence-electron chi connectivity index (χ1n) is 13.7. The molecule has 4 aromatic heterocycles. The van der Waals surface area contributed by atoms with Gasteiger partial charge in [0.2, 0.25) is 0 Å². The van der Waals surface area contributed by atoms with Gasteiger partial charge in [-0.15, -0.1) is 0 Å². The molecule has 8 N–H and O–H groups in total. The average molecular weight is 633 g/mol. The summed E-state index contributed by atoms with van der Waals surface area (Å²) in [5, 5.41) is 34.1. The average Bonchev–Trinajstić information content (AvgIpc) is 3.07. The Morgan fingerprint density at radius 2 is 0.489 bits per heavy atom. The van der Waals surface area contributed by atoms with Crippen LogP contribution in [0.15, 0.2) is 146 Å². The molecule has 4 aromatic carbocycles. The topological polar surface area (TPSA) is 143 Å². The number of aromatic nitrogens is 4. The summed E-state index contributed by atoms with van der Waals surface area (Å²) in [6.07, 6.45) is 6.83. The van der Waals surface area contributed by atoms with Gasteiger partial charge in [0.1, 0.15) is 0 Å². The second kappa shape index (κ2) is 15.8. The molecule has 45 heavy (non-hydrogen) atoms. The summed E-state index contributed by atoms with van der Waals surface area (Å²) >= 11 is 0. The van der Waals surface area contributed by atoms with Crippen molar-refractivity contribution in [3.63, 3.8) is 0 Å². The third kappa shape index (κ3) is 8.29. The molecule has 8 rings (SSSR count). The van der Waals surface area contributed by atoms with Gasteiger partial charge in [0.05, 0.1) is 0 Å². The monoisotopic (exact) mass is 632 g/mol. The van der Waals surface area contributed by atoms with Gasteiger partial charge in [-0.25, -0.2) is 19.9 Å². The van der Waals surface area contributed by atoms with Crippen molar-refractivity contribution in [2.45, 2.75) is 0 Å². The van der Waals surface area contributed by atoms with Crippen LogP contribution in [0, 0.1) is 0 Å². The minimum atomic E-state index is 0. The van der Waals surface area contributed by atoms with Crippen molar-refractivity contribution in [1.29, 1.82) is 0 Å². The van der Waals surface area contributed by atoms with E-state index < -0.39 is 0 Å². The Balaban J connectivity index is 0.000000136. The van der Waals surface area contributed by atoms with Crippen molar-refractivity contribution < 1.29 is 42.1 Å². The maximum Gasteiger partial charge on any atom is 0.280 e. The van der Waals surface area contributed by atoms with E-state index in [4.69, 9.17) is 20.4 Å². The maximum atomic E-state index is 7.50. The zero-order valence-electron chi connectivity index (χ0n) is 24.1. The van der Waals surface area contributed by atoms with Crippen LogP contribution in [0.2, 0.25) is 0 Å². The molecule has 0 atom stereocenters. The quantitative estimate of drug-likeness (QED) is 0.136. The Morgan fingerprint density at radius 1 is 0.289 bits per heavy atom. The van der Waals surface area contributed by atoms with Crippen LogP contribution in [0.3, 0.4) is 0 Å². The first-order valence-corrected chi connectivity index (χ1v) is 13.7. The number of fused-ring (bicyclic) bond motifs is 4. The molecule has 0 saturated carbocycles. The maximum absolute atomic E-state index is 7.50. The molecule has 4 heterocycles. The van der Waals surface area contributed by atoms with E-state index in [0.717, 1.165) is 43.6 Å². The predicted octanol–water partition coefficient (Wildman–Crippen LogP) is 6.69. The Bertz CT molecular complexity index is 1830. The van der Waals surface area contributed by atoms with Crippen LogP contribution >= 0.6 is 0 Å². The van der Waals surface area contributed by atoms with Gasteiger partial charge in [-0.3, -0.25) is 0 Å². The van der Waals surface area contributed by atoms with Crippen LogP contribution in [0.5, 0.6) is 23.0 Å². The second-order valence-electron chi connectivity index (χ2n) is 9.52. The van der Waals surface area contributed by atoms with E-state index in [0.29, 0.717) is 23.0 Å². The van der Waals surface area contributed by atoms with Gasteiger partial charge in [-0.1, -0.05) is 72.8 Å². The van der Waals surface area contributed by atoms with E-state index in [9.17, 15) is 0 Å². The first kappa shape index (κ1) is 32.4. The number of benzene rings is 4. The standard InChI is InChI=1S/4C9H7NO.Ti/c4*11-8-5-1-3-7-4-2-6-10-9(7)8;/h4*1-6,11H;/p+4. The molecule has 8 nitrogen and oxygen atoms in total. The molecule has 0 spiro atoms. The van der Waals surface area contributed by atoms with E-state index in [1.54, 1.807) is 49.1 Å². The molecule has 9 heteroatoms. The fourth-order valence-electron chi connectivity index (χ4n) is 4.42. The zero-order chi connectivity index (χ0) is 30.7. The molecular weight excluding hydrogens is 600 g/mol. The van der Waals surface area contributed by atoms with Crippen molar-refractivity contribution in [3.8, 4) is 23.0 Å². The summed E-state index contributed by atoms with van der Waals surface area (Å²) in [6.45, 7) is 0. The van der Waals surface area contributed by atoms with Crippen LogP contribution < -0.4 is 0 Å². The Labute approximate surface area is 273 Å². The smallest absolute Gasteiger partial charge is 0.280 e. The third-order valence-electron chi connectivity index (χ3n) is 6.53. The first-order chi connectivity index (χ1) is 21.5. The van der Waals surface area contributed by atoms with Crippen LogP contribution in [0.1, 0.15) is 0 Å². The summed E-state index contributed by atoms with van der Waals surface area (Å²) in [6, 6.07) is 37.6. The van der Waals surface area contributed by atoms with Crippen molar-refractivity contribution in [1.82, 2.24) is 19.9 Å². The van der Waals surface area contributed by atoms with Crippen molar-refractivity contribution >= 4 is 43.6 Å².